The van der Waals surface area contributed by atoms with Gasteiger partial charge in [-0.05, 0) is 51.3 Å². The molecule has 1 fully saturated rings. The molecule has 5 nitrogen and oxygen atoms in total. The molecule has 1 aliphatic rings. The van der Waals surface area contributed by atoms with E-state index in [2.05, 4.69) is 62.4 Å². The minimum Gasteiger partial charge on any atom is -0.328 e. The van der Waals surface area contributed by atoms with Gasteiger partial charge in [0.05, 0.1) is 11.6 Å². The summed E-state index contributed by atoms with van der Waals surface area (Å²) in [4.78, 5) is 15.2. The van der Waals surface area contributed by atoms with E-state index >= 15 is 0 Å². The van der Waals surface area contributed by atoms with Gasteiger partial charge in [-0.15, -0.1) is 0 Å². The van der Waals surface area contributed by atoms with E-state index in [4.69, 9.17) is 0 Å². The molecular formula is C21H30N4O. The SMILES string of the molecule is CCc1ccc(C2CNCCN2C(=O)c2cc(C)n(C(C)(C)C)n2)cc1. The van der Waals surface area contributed by atoms with E-state index in [1.54, 1.807) is 0 Å². The van der Waals surface area contributed by atoms with Gasteiger partial charge in [0.1, 0.15) is 0 Å². The van der Waals surface area contributed by atoms with Crippen LogP contribution in [0.15, 0.2) is 30.3 Å². The topological polar surface area (TPSA) is 50.2 Å². The Bertz CT molecular complexity index is 770. The average Bonchev–Trinajstić information content (AvgIpc) is 3.03. The monoisotopic (exact) mass is 354 g/mol. The van der Waals surface area contributed by atoms with E-state index in [0.29, 0.717) is 12.2 Å². The number of hydrogen-bond donors (Lipinski definition) is 1. The second-order valence-electron chi connectivity index (χ2n) is 8.07. The van der Waals surface area contributed by atoms with Crippen molar-refractivity contribution in [2.75, 3.05) is 19.6 Å². The highest BCUT2D eigenvalue weighted by molar-refractivity contribution is 5.92. The van der Waals surface area contributed by atoms with Gasteiger partial charge in [-0.2, -0.15) is 5.10 Å². The zero-order chi connectivity index (χ0) is 18.9. The van der Waals surface area contributed by atoms with Crippen molar-refractivity contribution in [3.8, 4) is 0 Å². The van der Waals surface area contributed by atoms with Crippen LogP contribution in [0.4, 0.5) is 0 Å². The van der Waals surface area contributed by atoms with Crippen molar-refractivity contribution < 1.29 is 4.79 Å². The Balaban J connectivity index is 1.88. The van der Waals surface area contributed by atoms with Crippen LogP contribution in [0.5, 0.6) is 0 Å². The first-order chi connectivity index (χ1) is 12.3. The molecule has 1 atom stereocenters. The fraction of sp³-hybridized carbons (Fsp3) is 0.524. The van der Waals surface area contributed by atoms with E-state index in [9.17, 15) is 4.79 Å². The van der Waals surface area contributed by atoms with Crippen LogP contribution in [0, 0.1) is 6.92 Å². The third-order valence-corrected chi connectivity index (χ3v) is 5.02. The molecule has 26 heavy (non-hydrogen) atoms. The summed E-state index contributed by atoms with van der Waals surface area (Å²) in [5.74, 6) is 0.0159. The maximum Gasteiger partial charge on any atom is 0.274 e. The van der Waals surface area contributed by atoms with Crippen molar-refractivity contribution in [3.63, 3.8) is 0 Å². The van der Waals surface area contributed by atoms with Gasteiger partial charge in [0.25, 0.3) is 5.91 Å². The Hall–Kier alpha value is -2.14. The lowest BCUT2D eigenvalue weighted by Crippen LogP contribution is -2.48. The van der Waals surface area contributed by atoms with Gasteiger partial charge in [-0.3, -0.25) is 9.48 Å². The molecule has 0 saturated carbocycles. The van der Waals surface area contributed by atoms with Gasteiger partial charge >= 0.3 is 0 Å². The fourth-order valence-electron chi connectivity index (χ4n) is 3.63. The van der Waals surface area contributed by atoms with Crippen molar-refractivity contribution in [1.82, 2.24) is 20.0 Å². The first kappa shape index (κ1) is 18.6. The number of benzene rings is 1. The molecule has 1 aromatic heterocycles. The van der Waals surface area contributed by atoms with Crippen LogP contribution in [0.2, 0.25) is 0 Å². The van der Waals surface area contributed by atoms with E-state index in [-0.39, 0.29) is 17.5 Å². The highest BCUT2D eigenvalue weighted by atomic mass is 16.2. The van der Waals surface area contributed by atoms with Gasteiger partial charge < -0.3 is 10.2 Å². The summed E-state index contributed by atoms with van der Waals surface area (Å²) in [6, 6.07) is 10.6. The van der Waals surface area contributed by atoms with Crippen LogP contribution in [0.25, 0.3) is 0 Å². The van der Waals surface area contributed by atoms with Crippen molar-refractivity contribution in [2.45, 2.75) is 52.6 Å². The quantitative estimate of drug-likeness (QED) is 0.920. The normalized spacial score (nSPS) is 18.2. The number of nitrogens with one attached hydrogen (secondary N) is 1. The number of carbonyl (C=O) groups excluding carboxylic acids is 1. The molecule has 0 bridgehead atoms. The third-order valence-electron chi connectivity index (χ3n) is 5.02. The summed E-state index contributed by atoms with van der Waals surface area (Å²) in [5, 5.41) is 8.04. The van der Waals surface area contributed by atoms with Crippen LogP contribution < -0.4 is 5.32 Å². The summed E-state index contributed by atoms with van der Waals surface area (Å²) < 4.78 is 1.94. The maximum absolute atomic E-state index is 13.2. The molecule has 3 rings (SSSR count). The largest absolute Gasteiger partial charge is 0.328 e. The molecule has 1 aliphatic heterocycles. The van der Waals surface area contributed by atoms with Crippen molar-refractivity contribution >= 4 is 5.91 Å². The molecule has 2 heterocycles. The Labute approximate surface area is 156 Å². The van der Waals surface area contributed by atoms with Gasteiger partial charge in [0.15, 0.2) is 5.69 Å². The molecule has 0 spiro atoms. The number of aromatic nitrogens is 2. The van der Waals surface area contributed by atoms with Crippen molar-refractivity contribution in [2.24, 2.45) is 0 Å². The lowest BCUT2D eigenvalue weighted by molar-refractivity contribution is 0.0626. The number of amides is 1. The smallest absolute Gasteiger partial charge is 0.274 e. The predicted octanol–water partition coefficient (Wildman–Crippen LogP) is 3.30. The maximum atomic E-state index is 13.2. The average molecular weight is 354 g/mol. The minimum absolute atomic E-state index is 0.0159. The molecule has 1 N–H and O–H groups in total. The Morgan fingerprint density at radius 2 is 1.96 bits per heavy atom. The van der Waals surface area contributed by atoms with E-state index < -0.39 is 0 Å². The van der Waals surface area contributed by atoms with Crippen LogP contribution in [-0.4, -0.2) is 40.2 Å². The van der Waals surface area contributed by atoms with Crippen LogP contribution >= 0.6 is 0 Å². The molecule has 2 aromatic rings. The van der Waals surface area contributed by atoms with Crippen molar-refractivity contribution in [1.29, 1.82) is 0 Å². The van der Waals surface area contributed by atoms with E-state index in [1.807, 2.05) is 22.6 Å². The molecule has 140 valence electrons. The number of carbonyl (C=O) groups is 1. The highest BCUT2D eigenvalue weighted by Gasteiger charge is 2.31. The summed E-state index contributed by atoms with van der Waals surface area (Å²) in [6.45, 7) is 12.7. The summed E-state index contributed by atoms with van der Waals surface area (Å²) >= 11 is 0. The molecule has 5 heteroatoms. The number of hydrogen-bond acceptors (Lipinski definition) is 3. The zero-order valence-electron chi connectivity index (χ0n) is 16.5. The standard InChI is InChI=1S/C21H30N4O/c1-6-16-7-9-17(10-8-16)19-14-22-11-12-24(19)20(26)18-13-15(2)25(23-18)21(3,4)5/h7-10,13,19,22H,6,11-12,14H2,1-5H3. The zero-order valence-corrected chi connectivity index (χ0v) is 16.5. The lowest BCUT2D eigenvalue weighted by atomic mass is 10.0. The predicted molar refractivity (Wildman–Crippen MR) is 104 cm³/mol. The summed E-state index contributed by atoms with van der Waals surface area (Å²) in [5.41, 5.74) is 3.90. The molecule has 1 unspecified atom stereocenters. The van der Waals surface area contributed by atoms with Crippen molar-refractivity contribution in [3.05, 3.63) is 52.8 Å². The Morgan fingerprint density at radius 1 is 1.27 bits per heavy atom. The molecular weight excluding hydrogens is 324 g/mol. The van der Waals surface area contributed by atoms with Crippen LogP contribution in [0.1, 0.15) is 61.0 Å². The first-order valence-electron chi connectivity index (χ1n) is 9.49. The number of aryl methyl sites for hydroxylation is 2. The summed E-state index contributed by atoms with van der Waals surface area (Å²) in [7, 11) is 0. The lowest BCUT2D eigenvalue weighted by Gasteiger charge is -2.36. The number of piperazine rings is 1. The van der Waals surface area contributed by atoms with Crippen LogP contribution in [-0.2, 0) is 12.0 Å². The molecule has 0 radical (unpaired) electrons. The molecule has 1 aromatic carbocycles. The van der Waals surface area contributed by atoms with Crippen LogP contribution in [0.3, 0.4) is 0 Å². The van der Waals surface area contributed by atoms with Gasteiger partial charge in [0.2, 0.25) is 0 Å². The fourth-order valence-corrected chi connectivity index (χ4v) is 3.63. The van der Waals surface area contributed by atoms with Gasteiger partial charge in [-0.25, -0.2) is 0 Å². The molecule has 1 amide bonds. The Kier molecular flexibility index (Phi) is 5.19. The van der Waals surface area contributed by atoms with Gasteiger partial charge in [-0.1, -0.05) is 31.2 Å². The molecule has 0 aliphatic carbocycles. The number of rotatable bonds is 3. The number of nitrogens with zero attached hydrogens (tertiary/aromatic N) is 3. The highest BCUT2D eigenvalue weighted by Crippen LogP contribution is 2.25. The van der Waals surface area contributed by atoms with E-state index in [0.717, 1.165) is 25.2 Å². The second-order valence-corrected chi connectivity index (χ2v) is 8.07. The molecule has 1 saturated heterocycles. The Morgan fingerprint density at radius 3 is 2.54 bits per heavy atom. The minimum atomic E-state index is -0.137. The van der Waals surface area contributed by atoms with E-state index in [1.165, 1.54) is 11.1 Å². The third kappa shape index (κ3) is 3.68. The summed E-state index contributed by atoms with van der Waals surface area (Å²) in [6.07, 6.45) is 1.02. The second kappa shape index (κ2) is 7.23. The van der Waals surface area contributed by atoms with Gasteiger partial charge in [0, 0.05) is 25.3 Å². The first-order valence-corrected chi connectivity index (χ1v) is 9.49.